The molecule has 2 heterocycles. The number of rotatable bonds is 3. The van der Waals surface area contributed by atoms with Crippen LogP contribution in [0.3, 0.4) is 0 Å². The van der Waals surface area contributed by atoms with Gasteiger partial charge in [-0.05, 0) is 41.5 Å². The Morgan fingerprint density at radius 3 is 2.52 bits per heavy atom. The van der Waals surface area contributed by atoms with E-state index in [9.17, 15) is 9.59 Å². The summed E-state index contributed by atoms with van der Waals surface area (Å²) in [6.07, 6.45) is 1.32. The fourth-order valence-corrected chi connectivity index (χ4v) is 5.30. The van der Waals surface area contributed by atoms with Gasteiger partial charge in [0.15, 0.2) is 11.6 Å². The first-order chi connectivity index (χ1) is 14.9. The van der Waals surface area contributed by atoms with Crippen LogP contribution >= 0.6 is 11.3 Å². The highest BCUT2D eigenvalue weighted by atomic mass is 32.1. The first-order valence-corrected chi connectivity index (χ1v) is 11.4. The first-order valence-electron chi connectivity index (χ1n) is 10.5. The van der Waals surface area contributed by atoms with Crippen molar-refractivity contribution in [2.45, 2.75) is 32.7 Å². The van der Waals surface area contributed by atoms with Gasteiger partial charge in [-0.15, -0.1) is 11.3 Å². The third-order valence-corrected chi connectivity index (χ3v) is 6.88. The van der Waals surface area contributed by atoms with Crippen LogP contribution < -0.4 is 10.6 Å². The van der Waals surface area contributed by atoms with Crippen LogP contribution in [0.5, 0.6) is 0 Å². The summed E-state index contributed by atoms with van der Waals surface area (Å²) in [5.41, 5.74) is 4.67. The van der Waals surface area contributed by atoms with Crippen LogP contribution in [0.1, 0.15) is 53.5 Å². The number of ketones is 2. The standard InChI is InChI=1S/C26H24N2O2S/c1-26(2)14-20-23(21(29)15-26)24(22-9-6-12-31-22)28-18-11-10-17(13-19(18)27-20)25(30)16-7-4-3-5-8-16/h3-13,24,27-28H,14-15H2,1-2H3. The molecule has 5 heteroatoms. The molecule has 2 aromatic carbocycles. The molecule has 156 valence electrons. The van der Waals surface area contributed by atoms with Crippen molar-refractivity contribution >= 4 is 34.3 Å². The number of hydrogen-bond donors (Lipinski definition) is 2. The van der Waals surface area contributed by atoms with E-state index >= 15 is 0 Å². The van der Waals surface area contributed by atoms with Crippen LogP contribution in [0.25, 0.3) is 0 Å². The molecule has 0 amide bonds. The summed E-state index contributed by atoms with van der Waals surface area (Å²) in [5, 5.41) is 9.15. The highest BCUT2D eigenvalue weighted by Crippen LogP contribution is 2.46. The third-order valence-electron chi connectivity index (χ3n) is 5.94. The Labute approximate surface area is 186 Å². The van der Waals surface area contributed by atoms with Crippen molar-refractivity contribution in [3.05, 3.63) is 93.3 Å². The molecule has 0 bridgehead atoms. The Balaban J connectivity index is 1.60. The van der Waals surface area contributed by atoms with E-state index < -0.39 is 0 Å². The molecule has 0 fully saturated rings. The van der Waals surface area contributed by atoms with E-state index in [1.807, 2.05) is 60.0 Å². The van der Waals surface area contributed by atoms with Gasteiger partial charge in [0.05, 0.1) is 17.4 Å². The lowest BCUT2D eigenvalue weighted by molar-refractivity contribution is -0.118. The minimum atomic E-state index is -0.192. The summed E-state index contributed by atoms with van der Waals surface area (Å²) in [6.45, 7) is 4.26. The predicted molar refractivity (Wildman–Crippen MR) is 126 cm³/mol. The maximum absolute atomic E-state index is 13.2. The number of allylic oxidation sites excluding steroid dienone is 1. The van der Waals surface area contributed by atoms with Crippen LogP contribution in [-0.4, -0.2) is 11.6 Å². The molecule has 1 unspecified atom stereocenters. The summed E-state index contributed by atoms with van der Waals surface area (Å²) in [4.78, 5) is 27.3. The fraction of sp³-hybridized carbons (Fsp3) is 0.231. The number of carbonyl (C=O) groups excluding carboxylic acids is 2. The molecular weight excluding hydrogens is 404 g/mol. The molecule has 4 nitrogen and oxygen atoms in total. The smallest absolute Gasteiger partial charge is 0.193 e. The molecular formula is C26H24N2O2S. The number of thiophene rings is 1. The molecule has 1 atom stereocenters. The predicted octanol–water partition coefficient (Wildman–Crippen LogP) is 6.20. The van der Waals surface area contributed by atoms with E-state index in [0.717, 1.165) is 33.9 Å². The quantitative estimate of drug-likeness (QED) is 0.488. The number of anilines is 2. The third kappa shape index (κ3) is 3.70. The molecule has 0 saturated heterocycles. The van der Waals surface area contributed by atoms with Crippen molar-refractivity contribution in [2.75, 3.05) is 10.6 Å². The number of nitrogens with one attached hydrogen (secondary N) is 2. The molecule has 3 aromatic rings. The zero-order valence-corrected chi connectivity index (χ0v) is 18.4. The second-order valence-electron chi connectivity index (χ2n) is 9.01. The second-order valence-corrected chi connectivity index (χ2v) is 9.99. The maximum Gasteiger partial charge on any atom is 0.193 e. The lowest BCUT2D eigenvalue weighted by Crippen LogP contribution is -2.31. The van der Waals surface area contributed by atoms with Crippen LogP contribution in [0.4, 0.5) is 11.4 Å². The summed E-state index contributed by atoms with van der Waals surface area (Å²) in [6, 6.07) is 18.9. The Morgan fingerprint density at radius 2 is 1.77 bits per heavy atom. The molecule has 0 radical (unpaired) electrons. The van der Waals surface area contributed by atoms with Crippen molar-refractivity contribution in [3.8, 4) is 0 Å². The largest absolute Gasteiger partial charge is 0.372 e. The maximum atomic E-state index is 13.2. The van der Waals surface area contributed by atoms with Crippen LogP contribution in [0, 0.1) is 5.41 Å². The zero-order chi connectivity index (χ0) is 21.6. The van der Waals surface area contributed by atoms with E-state index in [0.29, 0.717) is 17.5 Å². The molecule has 1 aliphatic carbocycles. The van der Waals surface area contributed by atoms with Gasteiger partial charge < -0.3 is 10.6 Å². The van der Waals surface area contributed by atoms with E-state index in [1.165, 1.54) is 0 Å². The van der Waals surface area contributed by atoms with Gasteiger partial charge in [-0.2, -0.15) is 0 Å². The normalized spacial score (nSPS) is 19.5. The molecule has 1 aliphatic heterocycles. The minimum absolute atomic E-state index is 0.0153. The molecule has 1 aromatic heterocycles. The summed E-state index contributed by atoms with van der Waals surface area (Å²) >= 11 is 1.65. The van der Waals surface area contributed by atoms with Crippen molar-refractivity contribution < 1.29 is 9.59 Å². The topological polar surface area (TPSA) is 58.2 Å². The Kier molecular flexibility index (Phi) is 4.78. The summed E-state index contributed by atoms with van der Waals surface area (Å²) in [7, 11) is 0. The van der Waals surface area contributed by atoms with Crippen LogP contribution in [0.15, 0.2) is 77.3 Å². The first kappa shape index (κ1) is 19.8. The molecule has 0 spiro atoms. The minimum Gasteiger partial charge on any atom is -0.372 e. The van der Waals surface area contributed by atoms with Gasteiger partial charge in [-0.1, -0.05) is 50.2 Å². The van der Waals surface area contributed by atoms with Crippen LogP contribution in [0.2, 0.25) is 0 Å². The number of fused-ring (bicyclic) bond motifs is 1. The van der Waals surface area contributed by atoms with Crippen molar-refractivity contribution in [3.63, 3.8) is 0 Å². The lowest BCUT2D eigenvalue weighted by Gasteiger charge is -2.33. The van der Waals surface area contributed by atoms with Gasteiger partial charge in [0.2, 0.25) is 0 Å². The Hall–Kier alpha value is -3.18. The van der Waals surface area contributed by atoms with E-state index in [4.69, 9.17) is 0 Å². The second kappa shape index (κ2) is 7.50. The van der Waals surface area contributed by atoms with Gasteiger partial charge in [0.1, 0.15) is 0 Å². The average Bonchev–Trinajstić information content (AvgIpc) is 3.22. The van der Waals surface area contributed by atoms with Crippen molar-refractivity contribution in [2.24, 2.45) is 5.41 Å². The van der Waals surface area contributed by atoms with E-state index in [-0.39, 0.29) is 23.0 Å². The summed E-state index contributed by atoms with van der Waals surface area (Å²) in [5.74, 6) is 0.163. The van der Waals surface area contributed by atoms with Gasteiger partial charge in [-0.3, -0.25) is 9.59 Å². The van der Waals surface area contributed by atoms with Gasteiger partial charge >= 0.3 is 0 Å². The Morgan fingerprint density at radius 1 is 0.968 bits per heavy atom. The number of benzene rings is 2. The lowest BCUT2D eigenvalue weighted by atomic mass is 9.74. The highest BCUT2D eigenvalue weighted by Gasteiger charge is 2.39. The molecule has 5 rings (SSSR count). The van der Waals surface area contributed by atoms with E-state index in [2.05, 4.69) is 30.5 Å². The molecule has 2 aliphatic rings. The van der Waals surface area contributed by atoms with E-state index in [1.54, 1.807) is 11.3 Å². The highest BCUT2D eigenvalue weighted by molar-refractivity contribution is 7.10. The van der Waals surface area contributed by atoms with Crippen molar-refractivity contribution in [1.29, 1.82) is 0 Å². The molecule has 0 saturated carbocycles. The summed E-state index contributed by atoms with van der Waals surface area (Å²) < 4.78 is 0. The van der Waals surface area contributed by atoms with Crippen LogP contribution in [-0.2, 0) is 4.79 Å². The number of hydrogen-bond acceptors (Lipinski definition) is 5. The average molecular weight is 429 g/mol. The van der Waals surface area contributed by atoms with Crippen molar-refractivity contribution in [1.82, 2.24) is 0 Å². The molecule has 2 N–H and O–H groups in total. The SMILES string of the molecule is CC1(C)CC(=O)C2=C(C1)Nc1cc(C(=O)c3ccccc3)ccc1NC2c1cccs1. The number of Topliss-reactive ketones (excluding diaryl/α,β-unsaturated/α-hetero) is 1. The van der Waals surface area contributed by atoms with Gasteiger partial charge in [0, 0.05) is 33.7 Å². The molecule has 31 heavy (non-hydrogen) atoms. The van der Waals surface area contributed by atoms with Gasteiger partial charge in [0.25, 0.3) is 0 Å². The monoisotopic (exact) mass is 428 g/mol. The Bertz CT molecular complexity index is 1190. The van der Waals surface area contributed by atoms with Gasteiger partial charge in [-0.25, -0.2) is 0 Å². The zero-order valence-electron chi connectivity index (χ0n) is 17.6. The fourth-order valence-electron chi connectivity index (χ4n) is 4.51. The number of carbonyl (C=O) groups is 2.